The van der Waals surface area contributed by atoms with Crippen molar-refractivity contribution < 1.29 is 33.0 Å². The Labute approximate surface area is 229 Å². The Morgan fingerprint density at radius 2 is 1.62 bits per heavy atom. The van der Waals surface area contributed by atoms with Crippen molar-refractivity contribution in [2.75, 3.05) is 33.4 Å². The number of unbranched alkanes of at least 4 members (excludes halogenated alkanes) is 1. The van der Waals surface area contributed by atoms with Crippen LogP contribution in [0.1, 0.15) is 49.0 Å². The SMILES string of the molecule is COCCCCOc1ccccc1C(=O)NCC(CC(N)C(O)CNC(=O)C(F)(F)c1ccccc1)C(C)C. The highest BCUT2D eigenvalue weighted by Crippen LogP contribution is 2.28. The number of halogens is 2. The predicted octanol–water partition coefficient (Wildman–Crippen LogP) is 3.48. The monoisotopic (exact) mass is 549 g/mol. The molecule has 0 bridgehead atoms. The molecular weight excluding hydrogens is 508 g/mol. The maximum atomic E-state index is 14.4. The number of carbonyl (C=O) groups is 2. The highest BCUT2D eigenvalue weighted by molar-refractivity contribution is 5.96. The number of aliphatic hydroxyl groups is 1. The zero-order valence-corrected chi connectivity index (χ0v) is 22.9. The van der Waals surface area contributed by atoms with Crippen LogP contribution in [-0.4, -0.2) is 62.5 Å². The molecule has 0 saturated carbocycles. The molecule has 2 rings (SSSR count). The zero-order valence-electron chi connectivity index (χ0n) is 22.9. The number of aliphatic hydroxyl groups excluding tert-OH is 1. The summed E-state index contributed by atoms with van der Waals surface area (Å²) in [5.74, 6) is -5.05. The van der Waals surface area contributed by atoms with E-state index in [1.807, 2.05) is 13.8 Å². The van der Waals surface area contributed by atoms with Gasteiger partial charge in [-0.1, -0.05) is 56.3 Å². The van der Waals surface area contributed by atoms with Crippen LogP contribution in [0.3, 0.4) is 0 Å². The molecule has 8 nitrogen and oxygen atoms in total. The van der Waals surface area contributed by atoms with Crippen molar-refractivity contribution >= 4 is 11.8 Å². The first-order valence-corrected chi connectivity index (χ1v) is 13.2. The molecular formula is C29H41F2N3O5. The minimum Gasteiger partial charge on any atom is -0.493 e. The second-order valence-corrected chi connectivity index (χ2v) is 9.88. The quantitative estimate of drug-likeness (QED) is 0.224. The molecule has 0 spiro atoms. The number of ether oxygens (including phenoxy) is 2. The fraction of sp³-hybridized carbons (Fsp3) is 0.517. The third-order valence-electron chi connectivity index (χ3n) is 6.56. The first kappa shape index (κ1) is 32.1. The molecule has 2 amide bonds. The first-order valence-electron chi connectivity index (χ1n) is 13.2. The molecule has 2 aromatic carbocycles. The zero-order chi connectivity index (χ0) is 28.8. The number of nitrogens with one attached hydrogen (secondary N) is 2. The van der Waals surface area contributed by atoms with Crippen LogP contribution in [-0.2, 0) is 15.5 Å². The highest BCUT2D eigenvalue weighted by atomic mass is 19.3. The van der Waals surface area contributed by atoms with Crippen molar-refractivity contribution in [3.05, 3.63) is 65.7 Å². The molecule has 10 heteroatoms. The maximum Gasteiger partial charge on any atom is 0.349 e. The molecule has 0 aliphatic carbocycles. The Morgan fingerprint density at radius 3 is 2.28 bits per heavy atom. The summed E-state index contributed by atoms with van der Waals surface area (Å²) in [5, 5.41) is 15.5. The number of nitrogens with two attached hydrogens (primary N) is 1. The lowest BCUT2D eigenvalue weighted by Crippen LogP contribution is -2.48. The Morgan fingerprint density at radius 1 is 0.974 bits per heavy atom. The van der Waals surface area contributed by atoms with E-state index in [0.717, 1.165) is 25.0 Å². The van der Waals surface area contributed by atoms with Gasteiger partial charge in [-0.3, -0.25) is 9.59 Å². The highest BCUT2D eigenvalue weighted by Gasteiger charge is 2.40. The Kier molecular flexibility index (Phi) is 13.3. The summed E-state index contributed by atoms with van der Waals surface area (Å²) in [6, 6.07) is 12.9. The van der Waals surface area contributed by atoms with Crippen LogP contribution >= 0.6 is 0 Å². The summed E-state index contributed by atoms with van der Waals surface area (Å²) in [5.41, 5.74) is 6.14. The summed E-state index contributed by atoms with van der Waals surface area (Å²) < 4.78 is 39.6. The molecule has 3 atom stereocenters. The van der Waals surface area contributed by atoms with E-state index in [1.165, 1.54) is 12.1 Å². The van der Waals surface area contributed by atoms with Gasteiger partial charge in [0, 0.05) is 38.4 Å². The van der Waals surface area contributed by atoms with Gasteiger partial charge in [-0.05, 0) is 43.2 Å². The molecule has 0 radical (unpaired) electrons. The van der Waals surface area contributed by atoms with E-state index in [-0.39, 0.29) is 24.3 Å². The van der Waals surface area contributed by atoms with Crippen molar-refractivity contribution in [2.45, 2.75) is 51.2 Å². The minimum atomic E-state index is -3.74. The van der Waals surface area contributed by atoms with Gasteiger partial charge < -0.3 is 30.9 Å². The lowest BCUT2D eigenvalue weighted by atomic mass is 9.87. The lowest BCUT2D eigenvalue weighted by Gasteiger charge is -2.28. The molecule has 0 heterocycles. The number of hydrogen-bond donors (Lipinski definition) is 4. The van der Waals surface area contributed by atoms with Crippen LogP contribution in [0.15, 0.2) is 54.6 Å². The number of carbonyl (C=O) groups excluding carboxylic acids is 2. The molecule has 216 valence electrons. The number of alkyl halides is 2. The number of rotatable bonds is 17. The van der Waals surface area contributed by atoms with Crippen molar-refractivity contribution in [1.29, 1.82) is 0 Å². The summed E-state index contributed by atoms with van der Waals surface area (Å²) in [4.78, 5) is 25.0. The number of para-hydroxylation sites is 1. The van der Waals surface area contributed by atoms with Crippen molar-refractivity contribution in [2.24, 2.45) is 17.6 Å². The van der Waals surface area contributed by atoms with Gasteiger partial charge in [0.05, 0.1) is 18.3 Å². The van der Waals surface area contributed by atoms with Crippen molar-refractivity contribution in [1.82, 2.24) is 10.6 Å². The number of benzene rings is 2. The molecule has 39 heavy (non-hydrogen) atoms. The molecule has 0 fully saturated rings. The smallest absolute Gasteiger partial charge is 0.349 e. The summed E-state index contributed by atoms with van der Waals surface area (Å²) in [7, 11) is 1.64. The molecule has 0 aliphatic heterocycles. The Bertz CT molecular complexity index is 1020. The number of hydrogen-bond acceptors (Lipinski definition) is 6. The van der Waals surface area contributed by atoms with E-state index >= 15 is 0 Å². The van der Waals surface area contributed by atoms with Crippen LogP contribution in [0, 0.1) is 11.8 Å². The van der Waals surface area contributed by atoms with Crippen LogP contribution < -0.4 is 21.1 Å². The average Bonchev–Trinajstić information content (AvgIpc) is 2.93. The van der Waals surface area contributed by atoms with Crippen LogP contribution in [0.2, 0.25) is 0 Å². The molecule has 0 aliphatic rings. The molecule has 2 aromatic rings. The molecule has 3 unspecified atom stereocenters. The van der Waals surface area contributed by atoms with Crippen molar-refractivity contribution in [3.63, 3.8) is 0 Å². The van der Waals surface area contributed by atoms with Gasteiger partial charge in [0.2, 0.25) is 0 Å². The summed E-state index contributed by atoms with van der Waals surface area (Å²) >= 11 is 0. The van der Waals surface area contributed by atoms with Gasteiger partial charge in [0.15, 0.2) is 0 Å². The average molecular weight is 550 g/mol. The molecule has 0 saturated heterocycles. The van der Waals surface area contributed by atoms with Gasteiger partial charge in [-0.25, -0.2) is 0 Å². The van der Waals surface area contributed by atoms with E-state index in [4.69, 9.17) is 15.2 Å². The van der Waals surface area contributed by atoms with Crippen LogP contribution in [0.5, 0.6) is 5.75 Å². The Hall–Kier alpha value is -3.08. The van der Waals surface area contributed by atoms with Gasteiger partial charge in [0.25, 0.3) is 11.8 Å². The second kappa shape index (κ2) is 16.1. The second-order valence-electron chi connectivity index (χ2n) is 9.88. The summed E-state index contributed by atoms with van der Waals surface area (Å²) in [6.45, 7) is 4.91. The fourth-order valence-electron chi connectivity index (χ4n) is 3.97. The van der Waals surface area contributed by atoms with E-state index in [1.54, 1.807) is 37.4 Å². The Balaban J connectivity index is 1.88. The van der Waals surface area contributed by atoms with Gasteiger partial charge in [0.1, 0.15) is 5.75 Å². The predicted molar refractivity (Wildman–Crippen MR) is 146 cm³/mol. The van der Waals surface area contributed by atoms with Gasteiger partial charge in [-0.2, -0.15) is 8.78 Å². The van der Waals surface area contributed by atoms with Crippen LogP contribution in [0.4, 0.5) is 8.78 Å². The first-order chi connectivity index (χ1) is 18.6. The standard InChI is InChI=1S/C29H41F2N3O5/c1-20(2)21(18-33-27(36)23-13-7-8-14-26(23)39-16-10-9-15-38-3)17-24(32)25(35)19-34-28(37)29(30,31)22-11-5-4-6-12-22/h4-8,11-14,20-21,24-25,35H,9-10,15-19,32H2,1-3H3,(H,33,36)(H,34,37). The number of amides is 2. The normalized spacial score (nSPS) is 13.9. The molecule has 5 N–H and O–H groups in total. The molecule has 0 aromatic heterocycles. The van der Waals surface area contributed by atoms with Gasteiger partial charge >= 0.3 is 5.92 Å². The van der Waals surface area contributed by atoms with Crippen LogP contribution in [0.25, 0.3) is 0 Å². The van der Waals surface area contributed by atoms with Crippen molar-refractivity contribution in [3.8, 4) is 5.75 Å². The summed E-state index contributed by atoms with van der Waals surface area (Å²) in [6.07, 6.45) is 0.710. The third-order valence-corrected chi connectivity index (χ3v) is 6.56. The van der Waals surface area contributed by atoms with E-state index in [2.05, 4.69) is 10.6 Å². The number of methoxy groups -OCH3 is 1. The van der Waals surface area contributed by atoms with Gasteiger partial charge in [-0.15, -0.1) is 0 Å². The third kappa shape index (κ3) is 10.2. The lowest BCUT2D eigenvalue weighted by molar-refractivity contribution is -0.147. The topological polar surface area (TPSA) is 123 Å². The van der Waals surface area contributed by atoms with E-state index in [9.17, 15) is 23.5 Å². The fourth-order valence-corrected chi connectivity index (χ4v) is 3.97. The largest absolute Gasteiger partial charge is 0.493 e. The minimum absolute atomic E-state index is 0.104. The maximum absolute atomic E-state index is 14.4. The van der Waals surface area contributed by atoms with E-state index < -0.39 is 36.1 Å². The van der Waals surface area contributed by atoms with E-state index in [0.29, 0.717) is 30.9 Å².